The van der Waals surface area contributed by atoms with Crippen LogP contribution in [0.15, 0.2) is 61.2 Å². The molecule has 0 atom stereocenters. The first kappa shape index (κ1) is 19.5. The molecule has 0 spiro atoms. The molecule has 0 saturated heterocycles. The van der Waals surface area contributed by atoms with Crippen LogP contribution in [0.1, 0.15) is 37.3 Å². The Balaban J connectivity index is 2.25. The number of aryl methyl sites for hydroxylation is 1. The van der Waals surface area contributed by atoms with Crippen molar-refractivity contribution in [2.75, 3.05) is 6.61 Å². The molecule has 0 aromatic heterocycles. The quantitative estimate of drug-likeness (QED) is 0.337. The zero-order valence-corrected chi connectivity index (χ0v) is 15.3. The number of carbonyl (C=O) groups is 1. The second kappa shape index (κ2) is 10.2. The predicted molar refractivity (Wildman–Crippen MR) is 107 cm³/mol. The van der Waals surface area contributed by atoms with Gasteiger partial charge in [0.2, 0.25) is 0 Å². The molecular formula is C23H26O3. The van der Waals surface area contributed by atoms with Gasteiger partial charge in [0.15, 0.2) is 0 Å². The maximum absolute atomic E-state index is 10.7. The smallest absolute Gasteiger partial charge is 0.328 e. The van der Waals surface area contributed by atoms with Crippen molar-refractivity contribution in [2.45, 2.75) is 32.6 Å². The van der Waals surface area contributed by atoms with E-state index in [0.29, 0.717) is 6.61 Å². The van der Waals surface area contributed by atoms with Gasteiger partial charge in [-0.3, -0.25) is 0 Å². The molecule has 0 bridgehead atoms. The highest BCUT2D eigenvalue weighted by Gasteiger charge is 2.08. The summed E-state index contributed by atoms with van der Waals surface area (Å²) in [5.41, 5.74) is 4.19. The average molecular weight is 350 g/mol. The van der Waals surface area contributed by atoms with Crippen LogP contribution in [0, 0.1) is 0 Å². The summed E-state index contributed by atoms with van der Waals surface area (Å²) in [6.07, 6.45) is 9.18. The van der Waals surface area contributed by atoms with Crippen LogP contribution >= 0.6 is 0 Å². The summed E-state index contributed by atoms with van der Waals surface area (Å²) in [4.78, 5) is 10.7. The van der Waals surface area contributed by atoms with Gasteiger partial charge in [-0.2, -0.15) is 0 Å². The SMILES string of the molecule is C=CCOc1cc(/C=C/C(=O)O)ccc1-c1ccc(CCCCC)cc1. The van der Waals surface area contributed by atoms with Crippen LogP contribution in [0.2, 0.25) is 0 Å². The monoisotopic (exact) mass is 350 g/mol. The lowest BCUT2D eigenvalue weighted by atomic mass is 9.99. The van der Waals surface area contributed by atoms with Gasteiger partial charge in [-0.05, 0) is 41.7 Å². The van der Waals surface area contributed by atoms with Crippen molar-refractivity contribution in [2.24, 2.45) is 0 Å². The molecule has 0 radical (unpaired) electrons. The topological polar surface area (TPSA) is 46.5 Å². The Morgan fingerprint density at radius 1 is 1.15 bits per heavy atom. The Morgan fingerprint density at radius 3 is 2.58 bits per heavy atom. The van der Waals surface area contributed by atoms with Gasteiger partial charge in [0.25, 0.3) is 0 Å². The van der Waals surface area contributed by atoms with Crippen LogP contribution in [-0.4, -0.2) is 17.7 Å². The third kappa shape index (κ3) is 5.92. The Kier molecular flexibility index (Phi) is 7.69. The molecule has 0 fully saturated rings. The standard InChI is InChI=1S/C23H26O3/c1-3-5-6-7-18-8-12-20(13-9-18)21-14-10-19(11-15-23(24)25)17-22(21)26-16-4-2/h4,8-15,17H,2-3,5-7,16H2,1H3,(H,24,25)/b15-11+. The molecule has 0 heterocycles. The molecule has 3 heteroatoms. The van der Waals surface area contributed by atoms with E-state index in [-0.39, 0.29) is 0 Å². The lowest BCUT2D eigenvalue weighted by Crippen LogP contribution is -1.96. The summed E-state index contributed by atoms with van der Waals surface area (Å²) in [6, 6.07) is 14.3. The summed E-state index contributed by atoms with van der Waals surface area (Å²) in [5.74, 6) is -0.252. The molecule has 0 aliphatic carbocycles. The second-order valence-electron chi connectivity index (χ2n) is 6.18. The fourth-order valence-electron chi connectivity index (χ4n) is 2.75. The Bertz CT molecular complexity index is 758. The van der Waals surface area contributed by atoms with Crippen LogP contribution in [0.3, 0.4) is 0 Å². The maximum atomic E-state index is 10.7. The van der Waals surface area contributed by atoms with E-state index >= 15 is 0 Å². The fourth-order valence-corrected chi connectivity index (χ4v) is 2.75. The van der Waals surface area contributed by atoms with Gasteiger partial charge >= 0.3 is 5.97 Å². The molecule has 1 N–H and O–H groups in total. The van der Waals surface area contributed by atoms with Crippen molar-refractivity contribution in [1.29, 1.82) is 0 Å². The number of aliphatic carboxylic acids is 1. The first-order chi connectivity index (χ1) is 12.6. The van der Waals surface area contributed by atoms with E-state index in [0.717, 1.165) is 34.9 Å². The highest BCUT2D eigenvalue weighted by atomic mass is 16.5. The molecule has 26 heavy (non-hydrogen) atoms. The van der Waals surface area contributed by atoms with Gasteiger partial charge < -0.3 is 9.84 Å². The lowest BCUT2D eigenvalue weighted by molar-refractivity contribution is -0.131. The van der Waals surface area contributed by atoms with Gasteiger partial charge in [-0.25, -0.2) is 4.79 Å². The number of ether oxygens (including phenoxy) is 1. The molecule has 2 aromatic carbocycles. The van der Waals surface area contributed by atoms with Gasteiger partial charge in [0.05, 0.1) is 0 Å². The lowest BCUT2D eigenvalue weighted by Gasteiger charge is -2.12. The van der Waals surface area contributed by atoms with E-state index in [4.69, 9.17) is 9.84 Å². The van der Waals surface area contributed by atoms with E-state index in [1.807, 2.05) is 18.2 Å². The van der Waals surface area contributed by atoms with Crippen molar-refractivity contribution < 1.29 is 14.6 Å². The van der Waals surface area contributed by atoms with Crippen LogP contribution in [0.25, 0.3) is 17.2 Å². The van der Waals surface area contributed by atoms with Crippen LogP contribution in [0.5, 0.6) is 5.75 Å². The van der Waals surface area contributed by atoms with Gasteiger partial charge in [0.1, 0.15) is 12.4 Å². The highest BCUT2D eigenvalue weighted by molar-refractivity contribution is 5.85. The van der Waals surface area contributed by atoms with Crippen molar-refractivity contribution >= 4 is 12.0 Å². The molecular weight excluding hydrogens is 324 g/mol. The van der Waals surface area contributed by atoms with E-state index in [1.54, 1.807) is 12.2 Å². The molecule has 0 aliphatic heterocycles. The number of carboxylic acids is 1. The molecule has 3 nitrogen and oxygen atoms in total. The minimum atomic E-state index is -0.971. The molecule has 0 aliphatic rings. The zero-order valence-electron chi connectivity index (χ0n) is 15.3. The van der Waals surface area contributed by atoms with Gasteiger partial charge in [-0.15, -0.1) is 0 Å². The summed E-state index contributed by atoms with van der Waals surface area (Å²) in [6.45, 7) is 6.30. The molecule has 0 saturated carbocycles. The first-order valence-electron chi connectivity index (χ1n) is 9.02. The number of benzene rings is 2. The Labute approximate surface area is 155 Å². The van der Waals surface area contributed by atoms with E-state index < -0.39 is 5.97 Å². The number of hydrogen-bond acceptors (Lipinski definition) is 2. The Hall–Kier alpha value is -2.81. The number of carboxylic acid groups (broad SMARTS) is 1. The first-order valence-corrected chi connectivity index (χ1v) is 9.02. The third-order valence-corrected chi connectivity index (χ3v) is 4.11. The highest BCUT2D eigenvalue weighted by Crippen LogP contribution is 2.32. The minimum absolute atomic E-state index is 0.397. The van der Waals surface area contributed by atoms with Crippen molar-refractivity contribution in [3.63, 3.8) is 0 Å². The molecule has 2 aromatic rings. The van der Waals surface area contributed by atoms with Gasteiger partial charge in [0, 0.05) is 11.6 Å². The minimum Gasteiger partial charge on any atom is -0.489 e. The predicted octanol–water partition coefficient (Wildman–Crippen LogP) is 5.75. The van der Waals surface area contributed by atoms with Crippen LogP contribution in [0.4, 0.5) is 0 Å². The van der Waals surface area contributed by atoms with E-state index in [2.05, 4.69) is 37.8 Å². The normalized spacial score (nSPS) is 10.8. The molecule has 136 valence electrons. The fraction of sp³-hybridized carbons (Fsp3) is 0.261. The van der Waals surface area contributed by atoms with Crippen LogP contribution < -0.4 is 4.74 Å². The summed E-state index contributed by atoms with van der Waals surface area (Å²) in [5, 5.41) is 8.79. The zero-order chi connectivity index (χ0) is 18.8. The summed E-state index contributed by atoms with van der Waals surface area (Å²) >= 11 is 0. The van der Waals surface area contributed by atoms with E-state index in [9.17, 15) is 4.79 Å². The van der Waals surface area contributed by atoms with Crippen LogP contribution in [-0.2, 0) is 11.2 Å². The number of unbranched alkanes of at least 4 members (excludes halogenated alkanes) is 2. The maximum Gasteiger partial charge on any atom is 0.328 e. The third-order valence-electron chi connectivity index (χ3n) is 4.11. The second-order valence-corrected chi connectivity index (χ2v) is 6.18. The molecule has 0 unspecified atom stereocenters. The van der Waals surface area contributed by atoms with Crippen molar-refractivity contribution in [3.8, 4) is 16.9 Å². The summed E-state index contributed by atoms with van der Waals surface area (Å²) < 4.78 is 5.80. The summed E-state index contributed by atoms with van der Waals surface area (Å²) in [7, 11) is 0. The van der Waals surface area contributed by atoms with Crippen molar-refractivity contribution in [3.05, 3.63) is 72.3 Å². The van der Waals surface area contributed by atoms with E-state index in [1.165, 1.54) is 24.8 Å². The Morgan fingerprint density at radius 2 is 1.92 bits per heavy atom. The van der Waals surface area contributed by atoms with Gasteiger partial charge in [-0.1, -0.05) is 68.8 Å². The van der Waals surface area contributed by atoms with Crippen molar-refractivity contribution in [1.82, 2.24) is 0 Å². The molecule has 0 amide bonds. The largest absolute Gasteiger partial charge is 0.489 e. The molecule has 2 rings (SSSR count). The number of rotatable bonds is 10. The average Bonchev–Trinajstić information content (AvgIpc) is 2.65. The number of hydrogen-bond donors (Lipinski definition) is 1.